The van der Waals surface area contributed by atoms with Crippen LogP contribution in [0.25, 0.3) is 22.0 Å². The number of benzene rings is 3. The van der Waals surface area contributed by atoms with Crippen molar-refractivity contribution in [2.24, 2.45) is 0 Å². The Bertz CT molecular complexity index is 1970. The van der Waals surface area contributed by atoms with Gasteiger partial charge in [0.15, 0.2) is 0 Å². The summed E-state index contributed by atoms with van der Waals surface area (Å²) in [6.45, 7) is 3.71. The number of rotatable bonds is 11. The minimum Gasteiger partial charge on any atom is -0.491 e. The van der Waals surface area contributed by atoms with Crippen LogP contribution in [0.2, 0.25) is 0 Å². The van der Waals surface area contributed by atoms with Crippen LogP contribution in [-0.4, -0.2) is 56.8 Å². The topological polar surface area (TPSA) is 151 Å². The van der Waals surface area contributed by atoms with Crippen molar-refractivity contribution in [1.82, 2.24) is 15.0 Å². The van der Waals surface area contributed by atoms with Crippen molar-refractivity contribution < 1.29 is 32.2 Å². The maximum atomic E-state index is 13.8. The Hall–Kier alpha value is -5.43. The fraction of sp³-hybridized carbons (Fsp3) is 0.188. The number of methoxy groups -OCH3 is 3. The van der Waals surface area contributed by atoms with E-state index in [9.17, 15) is 13.2 Å². The lowest BCUT2D eigenvalue weighted by Crippen LogP contribution is -2.15. The maximum Gasteiger partial charge on any atom is 0.338 e. The summed E-state index contributed by atoms with van der Waals surface area (Å²) in [7, 11) is 0.0793. The Kier molecular flexibility index (Phi) is 9.00. The number of sulfonamides is 1. The lowest BCUT2D eigenvalue weighted by Gasteiger charge is -2.18. The van der Waals surface area contributed by atoms with Crippen LogP contribution < -0.4 is 24.2 Å². The third-order valence-electron chi connectivity index (χ3n) is 6.54. The first-order chi connectivity index (χ1) is 21.6. The summed E-state index contributed by atoms with van der Waals surface area (Å²) < 4.78 is 51.6. The predicted octanol–water partition coefficient (Wildman–Crippen LogP) is 5.83. The first-order valence-corrected chi connectivity index (χ1v) is 15.2. The van der Waals surface area contributed by atoms with Crippen LogP contribution in [0, 0.1) is 0 Å². The molecule has 3 aromatic carbocycles. The van der Waals surface area contributed by atoms with E-state index in [1.807, 2.05) is 13.8 Å². The number of carbonyl (C=O) groups is 1. The van der Waals surface area contributed by atoms with Gasteiger partial charge in [-0.2, -0.15) is 4.98 Å². The number of aromatic nitrogens is 3. The van der Waals surface area contributed by atoms with Gasteiger partial charge in [0, 0.05) is 29.0 Å². The molecule has 0 saturated heterocycles. The zero-order valence-corrected chi connectivity index (χ0v) is 26.0. The molecule has 5 rings (SSSR count). The van der Waals surface area contributed by atoms with Crippen LogP contribution in [0.1, 0.15) is 24.2 Å². The van der Waals surface area contributed by atoms with Crippen molar-refractivity contribution >= 4 is 44.0 Å². The molecule has 0 bridgehead atoms. The van der Waals surface area contributed by atoms with Crippen molar-refractivity contribution in [2.45, 2.75) is 24.8 Å². The first-order valence-electron chi connectivity index (χ1n) is 13.7. The summed E-state index contributed by atoms with van der Waals surface area (Å²) in [5.41, 5.74) is 2.95. The number of hydrogen-bond donors (Lipinski definition) is 2. The molecular formula is C32H31N5O7S. The number of nitrogens with zero attached hydrogens (tertiary/aromatic N) is 3. The van der Waals surface area contributed by atoms with E-state index in [1.165, 1.54) is 27.5 Å². The number of anilines is 3. The molecule has 2 N–H and O–H groups in total. The molecule has 5 aromatic rings. The third-order valence-corrected chi connectivity index (χ3v) is 7.93. The quantitative estimate of drug-likeness (QED) is 0.170. The zero-order valence-electron chi connectivity index (χ0n) is 25.2. The lowest BCUT2D eigenvalue weighted by atomic mass is 10.0. The van der Waals surface area contributed by atoms with E-state index in [1.54, 1.807) is 72.9 Å². The van der Waals surface area contributed by atoms with Crippen molar-refractivity contribution in [1.29, 1.82) is 0 Å². The van der Waals surface area contributed by atoms with Gasteiger partial charge in [0.05, 0.1) is 56.0 Å². The Morgan fingerprint density at radius 2 is 1.64 bits per heavy atom. The molecule has 2 heterocycles. The van der Waals surface area contributed by atoms with Gasteiger partial charge in [-0.05, 0) is 49.7 Å². The normalized spacial score (nSPS) is 11.2. The van der Waals surface area contributed by atoms with Crippen LogP contribution in [-0.2, 0) is 14.8 Å². The van der Waals surface area contributed by atoms with Gasteiger partial charge in [0.25, 0.3) is 10.0 Å². The van der Waals surface area contributed by atoms with Crippen molar-refractivity contribution in [3.05, 3.63) is 84.7 Å². The highest BCUT2D eigenvalue weighted by Crippen LogP contribution is 2.37. The third kappa shape index (κ3) is 6.88. The van der Waals surface area contributed by atoms with Crippen molar-refractivity contribution in [2.75, 3.05) is 31.4 Å². The van der Waals surface area contributed by atoms with Crippen molar-refractivity contribution in [3.63, 3.8) is 0 Å². The van der Waals surface area contributed by atoms with E-state index in [2.05, 4.69) is 25.0 Å². The van der Waals surface area contributed by atoms with Gasteiger partial charge in [0.2, 0.25) is 5.88 Å². The highest BCUT2D eigenvalue weighted by Gasteiger charge is 2.24. The molecule has 0 saturated carbocycles. The average molecular weight is 630 g/mol. The summed E-state index contributed by atoms with van der Waals surface area (Å²) in [5, 5.41) is 3.71. The van der Waals surface area contributed by atoms with Gasteiger partial charge in [-0.25, -0.2) is 18.2 Å². The molecule has 0 aliphatic rings. The minimum absolute atomic E-state index is 0.119. The standard InChI is InChI=1S/C32H31N5O7S/c1-19(2)44-24-14-21(31(38)42-4)13-23(16-24)35-29-25-12-11-20(26-17-34-32(43-5)36-30(26)41-3)15-27(25)33-18-28(29)45(39,40)37-22-9-7-6-8-10-22/h6-19,37H,1-5H3,(H,33,35). The SMILES string of the molecule is COC(=O)c1cc(Nc2c(S(=O)(=O)Nc3ccccc3)cnc3cc(-c4cnc(OC)nc4OC)ccc23)cc(OC(C)C)c1. The number of nitrogens with one attached hydrogen (secondary N) is 2. The van der Waals surface area contributed by atoms with E-state index in [0.717, 1.165) is 0 Å². The second-order valence-electron chi connectivity index (χ2n) is 10.0. The van der Waals surface area contributed by atoms with E-state index in [-0.39, 0.29) is 28.3 Å². The molecular weight excluding hydrogens is 598 g/mol. The summed E-state index contributed by atoms with van der Waals surface area (Å²) >= 11 is 0. The van der Waals surface area contributed by atoms with E-state index in [4.69, 9.17) is 18.9 Å². The number of ether oxygens (including phenoxy) is 4. The minimum atomic E-state index is -4.15. The monoisotopic (exact) mass is 629 g/mol. The van der Waals surface area contributed by atoms with Gasteiger partial charge in [-0.1, -0.05) is 30.3 Å². The second-order valence-corrected chi connectivity index (χ2v) is 11.7. The summed E-state index contributed by atoms with van der Waals surface area (Å²) in [6.07, 6.45) is 2.66. The van der Waals surface area contributed by atoms with Crippen LogP contribution in [0.15, 0.2) is 84.0 Å². The lowest BCUT2D eigenvalue weighted by molar-refractivity contribution is 0.0600. The summed E-state index contributed by atoms with van der Waals surface area (Å²) in [6, 6.07) is 18.8. The Morgan fingerprint density at radius 3 is 2.33 bits per heavy atom. The molecule has 13 heteroatoms. The Labute approximate surface area is 260 Å². The highest BCUT2D eigenvalue weighted by molar-refractivity contribution is 7.93. The van der Waals surface area contributed by atoms with Crippen LogP contribution in [0.3, 0.4) is 0 Å². The smallest absolute Gasteiger partial charge is 0.338 e. The highest BCUT2D eigenvalue weighted by atomic mass is 32.2. The van der Waals surface area contributed by atoms with Gasteiger partial charge in [-0.3, -0.25) is 9.71 Å². The van der Waals surface area contributed by atoms with Crippen LogP contribution >= 0.6 is 0 Å². The molecule has 45 heavy (non-hydrogen) atoms. The van der Waals surface area contributed by atoms with Gasteiger partial charge < -0.3 is 24.3 Å². The summed E-state index contributed by atoms with van der Waals surface area (Å²) in [4.78, 5) is 25.4. The number of para-hydroxylation sites is 1. The van der Waals surface area contributed by atoms with E-state index >= 15 is 0 Å². The fourth-order valence-electron chi connectivity index (χ4n) is 4.59. The second kappa shape index (κ2) is 13.1. The first kappa shape index (κ1) is 31.0. The van der Waals surface area contributed by atoms with Gasteiger partial charge in [0.1, 0.15) is 10.6 Å². The maximum absolute atomic E-state index is 13.8. The molecule has 0 radical (unpaired) electrons. The molecule has 0 fully saturated rings. The molecule has 12 nitrogen and oxygen atoms in total. The fourth-order valence-corrected chi connectivity index (χ4v) is 5.76. The summed E-state index contributed by atoms with van der Waals surface area (Å²) in [5.74, 6) is 0.114. The van der Waals surface area contributed by atoms with E-state index in [0.29, 0.717) is 45.0 Å². The number of fused-ring (bicyclic) bond motifs is 1. The predicted molar refractivity (Wildman–Crippen MR) is 170 cm³/mol. The number of pyridine rings is 1. The Morgan fingerprint density at radius 1 is 0.867 bits per heavy atom. The van der Waals surface area contributed by atoms with Gasteiger partial charge >= 0.3 is 12.0 Å². The van der Waals surface area contributed by atoms with E-state index < -0.39 is 16.0 Å². The average Bonchev–Trinajstić information content (AvgIpc) is 3.03. The molecule has 2 aromatic heterocycles. The number of esters is 1. The van der Waals surface area contributed by atoms with Crippen LogP contribution in [0.4, 0.5) is 17.1 Å². The molecule has 0 spiro atoms. The molecule has 0 aliphatic carbocycles. The molecule has 0 unspecified atom stereocenters. The molecule has 0 amide bonds. The molecule has 232 valence electrons. The molecule has 0 aliphatic heterocycles. The Balaban J connectivity index is 1.68. The van der Waals surface area contributed by atoms with Gasteiger partial charge in [-0.15, -0.1) is 0 Å². The zero-order chi connectivity index (χ0) is 32.1. The number of carbonyl (C=O) groups excluding carboxylic acids is 1. The largest absolute Gasteiger partial charge is 0.491 e. The number of hydrogen-bond acceptors (Lipinski definition) is 11. The van der Waals surface area contributed by atoms with Crippen LogP contribution in [0.5, 0.6) is 17.6 Å². The molecule has 0 atom stereocenters. The van der Waals surface area contributed by atoms with Crippen molar-refractivity contribution in [3.8, 4) is 28.8 Å².